The Labute approximate surface area is 125 Å². The van der Waals surface area contributed by atoms with Gasteiger partial charge >= 0.3 is 0 Å². The lowest BCUT2D eigenvalue weighted by molar-refractivity contribution is 0.559. The molecule has 0 aliphatic carbocycles. The zero-order valence-corrected chi connectivity index (χ0v) is 12.8. The van der Waals surface area contributed by atoms with Gasteiger partial charge < -0.3 is 15.2 Å². The first-order valence-corrected chi connectivity index (χ1v) is 7.64. The topological polar surface area (TPSA) is 60.0 Å². The number of fused-ring (bicyclic) bond motifs is 1. The van der Waals surface area contributed by atoms with Crippen molar-refractivity contribution in [1.29, 1.82) is 0 Å². The normalized spacial score (nSPS) is 15.9. The molecule has 0 radical (unpaired) electrons. The number of nitrogens with two attached hydrogens (primary N) is 1. The van der Waals surface area contributed by atoms with Gasteiger partial charge in [0, 0.05) is 24.8 Å². The summed E-state index contributed by atoms with van der Waals surface area (Å²) in [6.07, 6.45) is 3.78. The molecular formula is C16H23N5. The van der Waals surface area contributed by atoms with E-state index in [9.17, 15) is 0 Å². The molecule has 2 N–H and O–H groups in total. The molecule has 21 heavy (non-hydrogen) atoms. The maximum absolute atomic E-state index is 6.05. The fourth-order valence-corrected chi connectivity index (χ4v) is 2.92. The van der Waals surface area contributed by atoms with Crippen LogP contribution >= 0.6 is 0 Å². The Morgan fingerprint density at radius 1 is 1.33 bits per heavy atom. The van der Waals surface area contributed by atoms with E-state index in [2.05, 4.69) is 51.7 Å². The van der Waals surface area contributed by atoms with Gasteiger partial charge in [0.1, 0.15) is 6.33 Å². The van der Waals surface area contributed by atoms with Gasteiger partial charge in [0.2, 0.25) is 0 Å². The van der Waals surface area contributed by atoms with E-state index in [1.807, 2.05) is 6.33 Å². The fourth-order valence-electron chi connectivity index (χ4n) is 2.92. The number of hydrogen-bond acceptors (Lipinski definition) is 4. The molecule has 1 atom stereocenters. The number of aryl methyl sites for hydroxylation is 1. The highest BCUT2D eigenvalue weighted by molar-refractivity contribution is 5.55. The lowest BCUT2D eigenvalue weighted by atomic mass is 10.0. The van der Waals surface area contributed by atoms with Crippen LogP contribution in [0.1, 0.15) is 30.3 Å². The van der Waals surface area contributed by atoms with Crippen LogP contribution in [0, 0.1) is 6.92 Å². The van der Waals surface area contributed by atoms with E-state index in [1.54, 1.807) is 0 Å². The van der Waals surface area contributed by atoms with Gasteiger partial charge in [-0.05, 0) is 37.0 Å². The minimum atomic E-state index is 0.254. The van der Waals surface area contributed by atoms with Crippen molar-refractivity contribution in [2.24, 2.45) is 5.73 Å². The lowest BCUT2D eigenvalue weighted by Crippen LogP contribution is -2.34. The molecule has 5 heteroatoms. The highest BCUT2D eigenvalue weighted by Gasteiger charge is 2.19. The van der Waals surface area contributed by atoms with Crippen LogP contribution in [0.15, 0.2) is 24.5 Å². The number of anilines is 1. The Hall–Kier alpha value is -1.88. The van der Waals surface area contributed by atoms with Crippen molar-refractivity contribution >= 4 is 5.69 Å². The zero-order valence-electron chi connectivity index (χ0n) is 12.8. The summed E-state index contributed by atoms with van der Waals surface area (Å²) < 4.78 is 2.13. The fraction of sp³-hybridized carbons (Fsp3) is 0.500. The molecule has 0 amide bonds. The Morgan fingerprint density at radius 3 is 2.95 bits per heavy atom. The van der Waals surface area contributed by atoms with Crippen LogP contribution < -0.4 is 10.6 Å². The van der Waals surface area contributed by atoms with Gasteiger partial charge in [-0.3, -0.25) is 0 Å². The van der Waals surface area contributed by atoms with Gasteiger partial charge in [0.05, 0.1) is 6.54 Å². The SMILES string of the molecule is CCC(N)Cc1ccc(N2CCn3cnnc3C2)c(C)c1. The summed E-state index contributed by atoms with van der Waals surface area (Å²) in [5, 5.41) is 8.17. The molecule has 1 aliphatic heterocycles. The number of nitrogens with zero attached hydrogens (tertiary/aromatic N) is 4. The van der Waals surface area contributed by atoms with Crippen molar-refractivity contribution < 1.29 is 0 Å². The molecule has 1 aromatic heterocycles. The zero-order chi connectivity index (χ0) is 14.8. The van der Waals surface area contributed by atoms with Crippen molar-refractivity contribution in [3.05, 3.63) is 41.5 Å². The Balaban J connectivity index is 1.77. The molecule has 0 saturated carbocycles. The van der Waals surface area contributed by atoms with Gasteiger partial charge in [-0.25, -0.2) is 0 Å². The molecule has 2 aromatic rings. The summed E-state index contributed by atoms with van der Waals surface area (Å²) in [5.74, 6) is 1.04. The van der Waals surface area contributed by atoms with Crippen LogP contribution in [0.3, 0.4) is 0 Å². The smallest absolute Gasteiger partial charge is 0.152 e. The molecule has 1 aromatic carbocycles. The minimum absolute atomic E-state index is 0.254. The third kappa shape index (κ3) is 2.93. The standard InChI is InChI=1S/C16H23N5/c1-3-14(17)9-13-4-5-15(12(2)8-13)20-6-7-21-11-18-19-16(21)10-20/h4-5,8,11,14H,3,6-7,9-10,17H2,1-2H3. The Morgan fingerprint density at radius 2 is 2.19 bits per heavy atom. The van der Waals surface area contributed by atoms with Gasteiger partial charge in [0.25, 0.3) is 0 Å². The van der Waals surface area contributed by atoms with Crippen LogP contribution in [0.5, 0.6) is 0 Å². The van der Waals surface area contributed by atoms with E-state index >= 15 is 0 Å². The summed E-state index contributed by atoms with van der Waals surface area (Å²) >= 11 is 0. The maximum Gasteiger partial charge on any atom is 0.152 e. The monoisotopic (exact) mass is 285 g/mol. The van der Waals surface area contributed by atoms with Crippen LogP contribution in [-0.4, -0.2) is 27.4 Å². The molecule has 0 spiro atoms. The third-order valence-corrected chi connectivity index (χ3v) is 4.26. The number of rotatable bonds is 4. The quantitative estimate of drug-likeness (QED) is 0.932. The highest BCUT2D eigenvalue weighted by atomic mass is 15.3. The second-order valence-electron chi connectivity index (χ2n) is 5.86. The van der Waals surface area contributed by atoms with Crippen LogP contribution in [0.4, 0.5) is 5.69 Å². The molecule has 0 fully saturated rings. The number of benzene rings is 1. The van der Waals surface area contributed by atoms with Crippen LogP contribution in [0.25, 0.3) is 0 Å². The molecule has 0 saturated heterocycles. The molecule has 112 valence electrons. The minimum Gasteiger partial charge on any atom is -0.362 e. The summed E-state index contributed by atoms with van der Waals surface area (Å²) in [6, 6.07) is 6.95. The Bertz CT molecular complexity index is 619. The molecule has 0 bridgehead atoms. The number of aromatic nitrogens is 3. The van der Waals surface area contributed by atoms with E-state index in [0.29, 0.717) is 0 Å². The predicted octanol–water partition coefficient (Wildman–Crippen LogP) is 1.89. The van der Waals surface area contributed by atoms with E-state index in [4.69, 9.17) is 5.73 Å². The first-order valence-electron chi connectivity index (χ1n) is 7.64. The van der Waals surface area contributed by atoms with Gasteiger partial charge in [-0.1, -0.05) is 19.1 Å². The van der Waals surface area contributed by atoms with Crippen LogP contribution in [-0.2, 0) is 19.5 Å². The molecule has 1 aliphatic rings. The van der Waals surface area contributed by atoms with Crippen molar-refractivity contribution in [3.63, 3.8) is 0 Å². The average molecular weight is 285 g/mol. The second kappa shape index (κ2) is 5.85. The van der Waals surface area contributed by atoms with Crippen molar-refractivity contribution in [2.75, 3.05) is 11.4 Å². The lowest BCUT2D eigenvalue weighted by Gasteiger charge is -2.30. The van der Waals surface area contributed by atoms with Crippen LogP contribution in [0.2, 0.25) is 0 Å². The van der Waals surface area contributed by atoms with E-state index in [0.717, 1.165) is 38.3 Å². The molecule has 3 rings (SSSR count). The summed E-state index contributed by atoms with van der Waals surface area (Å²) in [5.41, 5.74) is 9.97. The summed E-state index contributed by atoms with van der Waals surface area (Å²) in [4.78, 5) is 2.38. The number of hydrogen-bond donors (Lipinski definition) is 1. The van der Waals surface area contributed by atoms with Gasteiger partial charge in [-0.15, -0.1) is 10.2 Å². The molecule has 5 nitrogen and oxygen atoms in total. The average Bonchev–Trinajstić information content (AvgIpc) is 2.94. The van der Waals surface area contributed by atoms with Crippen molar-refractivity contribution in [3.8, 4) is 0 Å². The predicted molar refractivity (Wildman–Crippen MR) is 84.2 cm³/mol. The van der Waals surface area contributed by atoms with Crippen molar-refractivity contribution in [1.82, 2.24) is 14.8 Å². The molecular weight excluding hydrogens is 262 g/mol. The van der Waals surface area contributed by atoms with E-state index in [1.165, 1.54) is 16.8 Å². The second-order valence-corrected chi connectivity index (χ2v) is 5.86. The molecule has 1 unspecified atom stereocenters. The van der Waals surface area contributed by atoms with E-state index < -0.39 is 0 Å². The first-order chi connectivity index (χ1) is 10.2. The third-order valence-electron chi connectivity index (χ3n) is 4.26. The maximum atomic E-state index is 6.05. The highest BCUT2D eigenvalue weighted by Crippen LogP contribution is 2.25. The first kappa shape index (κ1) is 14.1. The van der Waals surface area contributed by atoms with Gasteiger partial charge in [-0.2, -0.15) is 0 Å². The van der Waals surface area contributed by atoms with Gasteiger partial charge in [0.15, 0.2) is 5.82 Å². The largest absolute Gasteiger partial charge is 0.362 e. The summed E-state index contributed by atoms with van der Waals surface area (Å²) in [6.45, 7) is 7.09. The summed E-state index contributed by atoms with van der Waals surface area (Å²) in [7, 11) is 0. The van der Waals surface area contributed by atoms with Crippen molar-refractivity contribution in [2.45, 2.75) is 45.8 Å². The molecule has 2 heterocycles. The Kier molecular flexibility index (Phi) is 3.92. The van der Waals surface area contributed by atoms with E-state index in [-0.39, 0.29) is 6.04 Å².